The molecule has 1 unspecified atom stereocenters. The first-order valence-corrected chi connectivity index (χ1v) is 7.07. The van der Waals surface area contributed by atoms with Gasteiger partial charge in [-0.1, -0.05) is 18.2 Å². The topological polar surface area (TPSA) is 46.2 Å². The highest BCUT2D eigenvalue weighted by atomic mass is 32.2. The van der Waals surface area contributed by atoms with Gasteiger partial charge in [-0.3, -0.25) is 0 Å². The maximum absolute atomic E-state index is 13.3. The smallest absolute Gasteiger partial charge is 0.173 e. The molecule has 1 aromatic rings. The summed E-state index contributed by atoms with van der Waals surface area (Å²) in [4.78, 5) is 0. The minimum absolute atomic E-state index is 0.0847. The van der Waals surface area contributed by atoms with Crippen LogP contribution >= 0.6 is 0 Å². The SMILES string of the molecule is Cc1ccc(CNC2C=CS(=O)(=O)C2)cc1F. The van der Waals surface area contributed by atoms with Crippen molar-refractivity contribution in [2.24, 2.45) is 0 Å². The molecule has 3 nitrogen and oxygen atoms in total. The predicted molar refractivity (Wildman–Crippen MR) is 64.7 cm³/mol. The van der Waals surface area contributed by atoms with Crippen LogP contribution in [0.5, 0.6) is 0 Å². The summed E-state index contributed by atoms with van der Waals surface area (Å²) in [7, 11) is -3.03. The van der Waals surface area contributed by atoms with Crippen LogP contribution in [0.25, 0.3) is 0 Å². The molecule has 1 atom stereocenters. The van der Waals surface area contributed by atoms with E-state index in [2.05, 4.69) is 5.32 Å². The number of rotatable bonds is 3. The fourth-order valence-corrected chi connectivity index (χ4v) is 2.97. The Balaban J connectivity index is 1.95. The van der Waals surface area contributed by atoms with E-state index in [1.165, 1.54) is 11.5 Å². The minimum Gasteiger partial charge on any atom is -0.305 e. The molecule has 0 aliphatic carbocycles. The highest BCUT2D eigenvalue weighted by Crippen LogP contribution is 2.11. The molecule has 5 heteroatoms. The maximum atomic E-state index is 13.3. The van der Waals surface area contributed by atoms with E-state index in [4.69, 9.17) is 0 Å². The van der Waals surface area contributed by atoms with Gasteiger partial charge in [0.15, 0.2) is 9.84 Å². The average Bonchev–Trinajstić information content (AvgIpc) is 2.60. The van der Waals surface area contributed by atoms with Crippen LogP contribution < -0.4 is 5.32 Å². The van der Waals surface area contributed by atoms with Gasteiger partial charge in [-0.2, -0.15) is 0 Å². The summed E-state index contributed by atoms with van der Waals surface area (Å²) in [5.74, 6) is -0.152. The summed E-state index contributed by atoms with van der Waals surface area (Å²) in [5, 5.41) is 4.29. The molecule has 0 bridgehead atoms. The normalized spacial score (nSPS) is 21.9. The number of sulfone groups is 1. The largest absolute Gasteiger partial charge is 0.305 e. The van der Waals surface area contributed by atoms with E-state index in [0.29, 0.717) is 12.1 Å². The third-order valence-electron chi connectivity index (χ3n) is 2.73. The lowest BCUT2D eigenvalue weighted by molar-refractivity contribution is 0.586. The first-order valence-electron chi connectivity index (χ1n) is 5.36. The first-order chi connectivity index (χ1) is 7.96. The van der Waals surface area contributed by atoms with E-state index in [9.17, 15) is 12.8 Å². The summed E-state index contributed by atoms with van der Waals surface area (Å²) in [6.07, 6.45) is 1.62. The molecule has 1 heterocycles. The Bertz CT molecular complexity index is 552. The minimum atomic E-state index is -3.03. The zero-order chi connectivity index (χ0) is 12.5. The van der Waals surface area contributed by atoms with Gasteiger partial charge >= 0.3 is 0 Å². The Hall–Kier alpha value is -1.20. The Morgan fingerprint density at radius 1 is 1.47 bits per heavy atom. The fourth-order valence-electron chi connectivity index (χ4n) is 1.70. The van der Waals surface area contributed by atoms with Crippen LogP contribution in [0.4, 0.5) is 4.39 Å². The molecule has 1 aliphatic rings. The van der Waals surface area contributed by atoms with Gasteiger partial charge in [0, 0.05) is 18.0 Å². The third-order valence-corrected chi connectivity index (χ3v) is 4.13. The standard InChI is InChI=1S/C12H14FNO2S/c1-9-2-3-10(6-12(9)13)7-14-11-4-5-17(15,16)8-11/h2-6,11,14H,7-8H2,1H3. The van der Waals surface area contributed by atoms with Crippen LogP contribution in [-0.4, -0.2) is 20.2 Å². The van der Waals surface area contributed by atoms with Crippen molar-refractivity contribution in [1.82, 2.24) is 5.32 Å². The number of benzene rings is 1. The van der Waals surface area contributed by atoms with Crippen LogP contribution in [0.2, 0.25) is 0 Å². The average molecular weight is 255 g/mol. The Kier molecular flexibility index (Phi) is 3.31. The molecule has 0 aromatic heterocycles. The van der Waals surface area contributed by atoms with Crippen LogP contribution in [-0.2, 0) is 16.4 Å². The molecular weight excluding hydrogens is 241 g/mol. The van der Waals surface area contributed by atoms with Gasteiger partial charge in [0.2, 0.25) is 0 Å². The van der Waals surface area contributed by atoms with Gasteiger partial charge in [-0.15, -0.1) is 0 Å². The summed E-state index contributed by atoms with van der Waals surface area (Å²) in [5.41, 5.74) is 1.42. The second-order valence-electron chi connectivity index (χ2n) is 4.23. The molecule has 0 saturated carbocycles. The molecular formula is C12H14FNO2S. The van der Waals surface area contributed by atoms with Gasteiger partial charge in [0.1, 0.15) is 5.82 Å². The zero-order valence-corrected chi connectivity index (χ0v) is 10.3. The van der Waals surface area contributed by atoms with Crippen LogP contribution in [0.3, 0.4) is 0 Å². The second kappa shape index (κ2) is 4.58. The monoisotopic (exact) mass is 255 g/mol. The Morgan fingerprint density at radius 3 is 2.82 bits per heavy atom. The second-order valence-corrected chi connectivity index (χ2v) is 6.16. The van der Waals surface area contributed by atoms with Crippen molar-refractivity contribution in [3.63, 3.8) is 0 Å². The molecule has 92 valence electrons. The summed E-state index contributed by atoms with van der Waals surface area (Å²) in [6.45, 7) is 2.17. The summed E-state index contributed by atoms with van der Waals surface area (Å²) >= 11 is 0. The molecule has 1 aromatic carbocycles. The lowest BCUT2D eigenvalue weighted by Crippen LogP contribution is -2.29. The molecule has 0 fully saturated rings. The van der Waals surface area contributed by atoms with Crippen molar-refractivity contribution >= 4 is 9.84 Å². The lowest BCUT2D eigenvalue weighted by Gasteiger charge is -2.10. The van der Waals surface area contributed by atoms with E-state index in [-0.39, 0.29) is 17.6 Å². The quantitative estimate of drug-likeness (QED) is 0.891. The molecule has 0 radical (unpaired) electrons. The summed E-state index contributed by atoms with van der Waals surface area (Å²) in [6, 6.07) is 4.84. The third kappa shape index (κ3) is 3.14. The number of halogens is 1. The molecule has 0 saturated heterocycles. The molecule has 2 rings (SSSR count). The van der Waals surface area contributed by atoms with E-state index >= 15 is 0 Å². The van der Waals surface area contributed by atoms with E-state index in [1.54, 1.807) is 19.1 Å². The Morgan fingerprint density at radius 2 is 2.24 bits per heavy atom. The van der Waals surface area contributed by atoms with E-state index in [1.807, 2.05) is 6.07 Å². The first kappa shape index (κ1) is 12.3. The molecule has 1 aliphatic heterocycles. The molecule has 0 amide bonds. The molecule has 1 N–H and O–H groups in total. The van der Waals surface area contributed by atoms with E-state index < -0.39 is 9.84 Å². The predicted octanol–water partition coefficient (Wildman–Crippen LogP) is 1.53. The molecule has 17 heavy (non-hydrogen) atoms. The van der Waals surface area contributed by atoms with Crippen LogP contribution in [0.15, 0.2) is 29.7 Å². The number of nitrogens with one attached hydrogen (secondary N) is 1. The van der Waals surface area contributed by atoms with Gasteiger partial charge in [-0.05, 0) is 24.1 Å². The van der Waals surface area contributed by atoms with Crippen molar-refractivity contribution in [2.75, 3.05) is 5.75 Å². The number of aryl methyl sites for hydroxylation is 1. The van der Waals surface area contributed by atoms with Crippen molar-refractivity contribution in [2.45, 2.75) is 19.5 Å². The van der Waals surface area contributed by atoms with Crippen molar-refractivity contribution in [3.8, 4) is 0 Å². The molecule has 0 spiro atoms. The van der Waals surface area contributed by atoms with Gasteiger partial charge in [0.25, 0.3) is 0 Å². The van der Waals surface area contributed by atoms with Crippen molar-refractivity contribution in [1.29, 1.82) is 0 Å². The van der Waals surface area contributed by atoms with Gasteiger partial charge < -0.3 is 5.32 Å². The summed E-state index contributed by atoms with van der Waals surface area (Å²) < 4.78 is 35.6. The fraction of sp³-hybridized carbons (Fsp3) is 0.333. The van der Waals surface area contributed by atoms with Crippen LogP contribution in [0.1, 0.15) is 11.1 Å². The van der Waals surface area contributed by atoms with Gasteiger partial charge in [0.05, 0.1) is 5.75 Å². The van der Waals surface area contributed by atoms with Crippen molar-refractivity contribution in [3.05, 3.63) is 46.6 Å². The highest BCUT2D eigenvalue weighted by molar-refractivity contribution is 7.94. The lowest BCUT2D eigenvalue weighted by atomic mass is 10.1. The number of hydrogen-bond donors (Lipinski definition) is 1. The highest BCUT2D eigenvalue weighted by Gasteiger charge is 2.20. The van der Waals surface area contributed by atoms with Crippen LogP contribution in [0, 0.1) is 12.7 Å². The Labute approximate surface area is 100 Å². The van der Waals surface area contributed by atoms with Crippen molar-refractivity contribution < 1.29 is 12.8 Å². The van der Waals surface area contributed by atoms with Gasteiger partial charge in [-0.25, -0.2) is 12.8 Å². The number of hydrogen-bond acceptors (Lipinski definition) is 3. The van der Waals surface area contributed by atoms with E-state index in [0.717, 1.165) is 5.56 Å². The zero-order valence-electron chi connectivity index (χ0n) is 9.48. The maximum Gasteiger partial charge on any atom is 0.173 e.